The number of carbonyl (C=O) groups is 2. The second-order valence-corrected chi connectivity index (χ2v) is 5.62. The molecule has 22 heavy (non-hydrogen) atoms. The molecule has 0 bridgehead atoms. The Bertz CT molecular complexity index is 721. The Balaban J connectivity index is 1.77. The Morgan fingerprint density at radius 1 is 1.09 bits per heavy atom. The molecule has 0 spiro atoms. The molecule has 2 atom stereocenters. The van der Waals surface area contributed by atoms with Gasteiger partial charge in [-0.1, -0.05) is 54.1 Å². The van der Waals surface area contributed by atoms with Crippen molar-refractivity contribution in [2.24, 2.45) is 0 Å². The lowest BCUT2D eigenvalue weighted by atomic mass is 10.1. The number of benzene rings is 2. The van der Waals surface area contributed by atoms with Gasteiger partial charge >= 0.3 is 0 Å². The first-order chi connectivity index (χ1) is 10.6. The van der Waals surface area contributed by atoms with E-state index in [0.717, 1.165) is 16.7 Å². The van der Waals surface area contributed by atoms with Crippen molar-refractivity contribution in [3.05, 3.63) is 70.8 Å². The molecule has 1 amide bonds. The normalized spacial score (nSPS) is 19.5. The maximum Gasteiger partial charge on any atom is 0.292 e. The van der Waals surface area contributed by atoms with Crippen LogP contribution in [0.25, 0.3) is 0 Å². The Kier molecular flexibility index (Phi) is 3.77. The van der Waals surface area contributed by atoms with Crippen LogP contribution >= 0.6 is 0 Å². The van der Waals surface area contributed by atoms with Gasteiger partial charge in [-0.2, -0.15) is 0 Å². The summed E-state index contributed by atoms with van der Waals surface area (Å²) in [7, 11) is 0. The van der Waals surface area contributed by atoms with Crippen LogP contribution in [0.1, 0.15) is 33.1 Å². The van der Waals surface area contributed by atoms with Gasteiger partial charge < -0.3 is 10.4 Å². The minimum atomic E-state index is -0.702. The van der Waals surface area contributed by atoms with E-state index in [0.29, 0.717) is 12.0 Å². The van der Waals surface area contributed by atoms with Gasteiger partial charge in [0.05, 0.1) is 12.1 Å². The fourth-order valence-corrected chi connectivity index (χ4v) is 2.79. The van der Waals surface area contributed by atoms with E-state index in [1.165, 1.54) is 0 Å². The van der Waals surface area contributed by atoms with Crippen LogP contribution < -0.4 is 5.32 Å². The van der Waals surface area contributed by atoms with Crippen molar-refractivity contribution in [1.29, 1.82) is 0 Å². The van der Waals surface area contributed by atoms with Gasteiger partial charge in [-0.05, 0) is 18.1 Å². The lowest BCUT2D eigenvalue weighted by molar-refractivity contribution is -0.118. The van der Waals surface area contributed by atoms with Crippen LogP contribution in [-0.4, -0.2) is 22.9 Å². The van der Waals surface area contributed by atoms with Crippen LogP contribution in [0.15, 0.2) is 48.5 Å². The molecule has 1 aliphatic carbocycles. The maximum atomic E-state index is 12.2. The molecule has 0 radical (unpaired) electrons. The predicted octanol–water partition coefficient (Wildman–Crippen LogP) is 1.95. The largest absolute Gasteiger partial charge is 0.390 e. The van der Waals surface area contributed by atoms with Crippen LogP contribution in [0, 0.1) is 6.92 Å². The van der Waals surface area contributed by atoms with Gasteiger partial charge in [0.1, 0.15) is 0 Å². The fraction of sp³-hybridized carbons (Fsp3) is 0.222. The van der Waals surface area contributed by atoms with Crippen LogP contribution in [0.4, 0.5) is 0 Å². The van der Waals surface area contributed by atoms with Crippen molar-refractivity contribution in [2.75, 3.05) is 0 Å². The van der Waals surface area contributed by atoms with E-state index in [1.54, 1.807) is 24.3 Å². The SMILES string of the molecule is Cc1ccc(C(=O)C(=O)N[C@@H]2c3ccccc3C[C@@H]2O)cc1. The van der Waals surface area contributed by atoms with E-state index in [-0.39, 0.29) is 0 Å². The van der Waals surface area contributed by atoms with Crippen LogP contribution in [0.5, 0.6) is 0 Å². The summed E-state index contributed by atoms with van der Waals surface area (Å²) < 4.78 is 0. The summed E-state index contributed by atoms with van der Waals surface area (Å²) in [5, 5.41) is 12.8. The van der Waals surface area contributed by atoms with E-state index < -0.39 is 23.8 Å². The first kappa shape index (κ1) is 14.5. The summed E-state index contributed by atoms with van der Waals surface area (Å²) in [6.07, 6.45) is -0.216. The van der Waals surface area contributed by atoms with E-state index in [2.05, 4.69) is 5.32 Å². The van der Waals surface area contributed by atoms with Gasteiger partial charge in [0.15, 0.2) is 0 Å². The standard InChI is InChI=1S/C18H17NO3/c1-11-6-8-12(9-7-11)17(21)18(22)19-16-14-5-3-2-4-13(14)10-15(16)20/h2-9,15-16,20H,10H2,1H3,(H,19,22)/t15-,16+/m0/s1. The fourth-order valence-electron chi connectivity index (χ4n) is 2.79. The zero-order chi connectivity index (χ0) is 15.7. The molecule has 2 aromatic rings. The number of aryl methyl sites for hydroxylation is 1. The second-order valence-electron chi connectivity index (χ2n) is 5.62. The Morgan fingerprint density at radius 2 is 1.77 bits per heavy atom. The predicted molar refractivity (Wildman–Crippen MR) is 82.5 cm³/mol. The van der Waals surface area contributed by atoms with Crippen LogP contribution in [-0.2, 0) is 11.2 Å². The van der Waals surface area contributed by atoms with Gasteiger partial charge in [0.25, 0.3) is 5.91 Å². The van der Waals surface area contributed by atoms with Gasteiger partial charge in [0, 0.05) is 12.0 Å². The quantitative estimate of drug-likeness (QED) is 0.672. The average molecular weight is 295 g/mol. The summed E-state index contributed by atoms with van der Waals surface area (Å²) in [5.74, 6) is -1.28. The molecule has 0 saturated carbocycles. The lowest BCUT2D eigenvalue weighted by Gasteiger charge is -2.17. The van der Waals surface area contributed by atoms with Crippen molar-refractivity contribution in [2.45, 2.75) is 25.5 Å². The first-order valence-corrected chi connectivity index (χ1v) is 7.24. The summed E-state index contributed by atoms with van der Waals surface area (Å²) in [4.78, 5) is 24.3. The van der Waals surface area contributed by atoms with Crippen molar-refractivity contribution in [3.63, 3.8) is 0 Å². The van der Waals surface area contributed by atoms with Gasteiger partial charge in [0.2, 0.25) is 5.78 Å². The molecular formula is C18H17NO3. The van der Waals surface area contributed by atoms with E-state index in [9.17, 15) is 14.7 Å². The third-order valence-corrected chi connectivity index (χ3v) is 4.01. The number of hydrogen-bond donors (Lipinski definition) is 2. The molecule has 3 rings (SSSR count). The van der Waals surface area contributed by atoms with E-state index in [4.69, 9.17) is 0 Å². The average Bonchev–Trinajstić information content (AvgIpc) is 2.83. The highest BCUT2D eigenvalue weighted by atomic mass is 16.3. The number of amides is 1. The smallest absolute Gasteiger partial charge is 0.292 e. The molecule has 0 fully saturated rings. The number of hydrogen-bond acceptors (Lipinski definition) is 3. The third-order valence-electron chi connectivity index (χ3n) is 4.01. The van der Waals surface area contributed by atoms with Gasteiger partial charge in [-0.25, -0.2) is 0 Å². The number of aliphatic hydroxyl groups is 1. The minimum absolute atomic E-state index is 0.351. The van der Waals surface area contributed by atoms with Crippen LogP contribution in [0.2, 0.25) is 0 Å². The summed E-state index contributed by atoms with van der Waals surface area (Å²) >= 11 is 0. The monoisotopic (exact) mass is 295 g/mol. The molecule has 2 N–H and O–H groups in total. The number of rotatable bonds is 3. The van der Waals surface area contributed by atoms with Gasteiger partial charge in [-0.15, -0.1) is 0 Å². The zero-order valence-corrected chi connectivity index (χ0v) is 12.2. The lowest BCUT2D eigenvalue weighted by Crippen LogP contribution is -2.38. The highest BCUT2D eigenvalue weighted by molar-refractivity contribution is 6.42. The molecular weight excluding hydrogens is 278 g/mol. The number of Topliss-reactive ketones (excluding diaryl/α,β-unsaturated/α-hetero) is 1. The minimum Gasteiger partial charge on any atom is -0.390 e. The van der Waals surface area contributed by atoms with Crippen molar-refractivity contribution >= 4 is 11.7 Å². The number of carbonyl (C=O) groups excluding carboxylic acids is 2. The Morgan fingerprint density at radius 3 is 2.50 bits per heavy atom. The molecule has 1 aliphatic rings. The number of aliphatic hydroxyl groups excluding tert-OH is 1. The molecule has 0 unspecified atom stereocenters. The highest BCUT2D eigenvalue weighted by Gasteiger charge is 2.33. The maximum absolute atomic E-state index is 12.2. The number of fused-ring (bicyclic) bond motifs is 1. The first-order valence-electron chi connectivity index (χ1n) is 7.24. The molecule has 0 aliphatic heterocycles. The zero-order valence-electron chi connectivity index (χ0n) is 12.2. The van der Waals surface area contributed by atoms with E-state index in [1.807, 2.05) is 31.2 Å². The van der Waals surface area contributed by atoms with E-state index >= 15 is 0 Å². The summed E-state index contributed by atoms with van der Waals surface area (Å²) in [6, 6.07) is 13.9. The number of nitrogens with one attached hydrogen (secondary N) is 1. The van der Waals surface area contributed by atoms with Crippen molar-refractivity contribution in [3.8, 4) is 0 Å². The Hall–Kier alpha value is -2.46. The number of ketones is 1. The molecule has 4 heteroatoms. The van der Waals surface area contributed by atoms with Crippen LogP contribution in [0.3, 0.4) is 0 Å². The third kappa shape index (κ3) is 2.65. The molecule has 0 aromatic heterocycles. The van der Waals surface area contributed by atoms with Gasteiger partial charge in [-0.3, -0.25) is 9.59 Å². The second kappa shape index (κ2) is 5.73. The highest BCUT2D eigenvalue weighted by Crippen LogP contribution is 2.31. The molecule has 4 nitrogen and oxygen atoms in total. The molecule has 0 heterocycles. The summed E-state index contributed by atoms with van der Waals surface area (Å²) in [6.45, 7) is 1.92. The topological polar surface area (TPSA) is 66.4 Å². The Labute approximate surface area is 128 Å². The van der Waals surface area contributed by atoms with Crippen molar-refractivity contribution < 1.29 is 14.7 Å². The molecule has 0 saturated heterocycles. The molecule has 112 valence electrons. The summed E-state index contributed by atoms with van der Waals surface area (Å²) in [5.41, 5.74) is 3.25. The van der Waals surface area contributed by atoms with Crippen molar-refractivity contribution in [1.82, 2.24) is 5.32 Å². The molecule has 2 aromatic carbocycles.